The summed E-state index contributed by atoms with van der Waals surface area (Å²) in [6.07, 6.45) is 0. The predicted octanol–water partition coefficient (Wildman–Crippen LogP) is 1.74. The predicted molar refractivity (Wildman–Crippen MR) is 117 cm³/mol. The van der Waals surface area contributed by atoms with Crippen LogP contribution in [-0.4, -0.2) is 62.1 Å². The highest BCUT2D eigenvalue weighted by atomic mass is 127. The maximum absolute atomic E-state index is 12.3. The van der Waals surface area contributed by atoms with E-state index in [0.717, 1.165) is 23.6 Å². The fraction of sp³-hybridized carbons (Fsp3) is 0.562. The lowest BCUT2D eigenvalue weighted by Crippen LogP contribution is -2.44. The van der Waals surface area contributed by atoms with Crippen molar-refractivity contribution < 1.29 is 8.42 Å². The number of rotatable bonds is 7. The van der Waals surface area contributed by atoms with Crippen molar-refractivity contribution in [1.29, 1.82) is 0 Å². The topological polar surface area (TPSA) is 73.8 Å². The van der Waals surface area contributed by atoms with Gasteiger partial charge in [-0.05, 0) is 12.5 Å². The quantitative estimate of drug-likeness (QED) is 0.341. The minimum absolute atomic E-state index is 0. The van der Waals surface area contributed by atoms with Gasteiger partial charge in [-0.15, -0.1) is 24.0 Å². The number of nitrogens with zero attached hydrogens (tertiary/aromatic N) is 2. The fourth-order valence-corrected chi connectivity index (χ4v) is 4.84. The Balaban J connectivity index is 0.00000312. The van der Waals surface area contributed by atoms with Gasteiger partial charge in [-0.2, -0.15) is 11.8 Å². The zero-order chi connectivity index (χ0) is 17.3. The van der Waals surface area contributed by atoms with Gasteiger partial charge in [0.25, 0.3) is 0 Å². The van der Waals surface area contributed by atoms with Gasteiger partial charge >= 0.3 is 0 Å². The first kappa shape index (κ1) is 22.5. The molecule has 1 fully saturated rings. The van der Waals surface area contributed by atoms with Crippen molar-refractivity contribution in [2.75, 3.05) is 43.4 Å². The van der Waals surface area contributed by atoms with E-state index in [0.29, 0.717) is 32.1 Å². The Morgan fingerprint density at radius 3 is 2.52 bits per heavy atom. The third kappa shape index (κ3) is 8.14. The maximum Gasteiger partial charge on any atom is 0.215 e. The molecule has 6 nitrogen and oxygen atoms in total. The molecule has 0 bridgehead atoms. The molecular weight excluding hydrogens is 471 g/mol. The Bertz CT molecular complexity index is 620. The normalized spacial score (nSPS) is 16.1. The Morgan fingerprint density at radius 1 is 1.20 bits per heavy atom. The molecule has 25 heavy (non-hydrogen) atoms. The molecule has 1 aliphatic rings. The van der Waals surface area contributed by atoms with E-state index in [-0.39, 0.29) is 29.7 Å². The van der Waals surface area contributed by atoms with Crippen molar-refractivity contribution in [2.24, 2.45) is 4.99 Å². The zero-order valence-corrected chi connectivity index (χ0v) is 18.4. The molecule has 1 aliphatic heterocycles. The van der Waals surface area contributed by atoms with Crippen LogP contribution in [-0.2, 0) is 16.6 Å². The average molecular weight is 498 g/mol. The number of nitrogens with one attached hydrogen (secondary N) is 2. The summed E-state index contributed by atoms with van der Waals surface area (Å²) in [4.78, 5) is 4.50. The van der Waals surface area contributed by atoms with Crippen LogP contribution in [0.4, 0.5) is 0 Å². The second-order valence-corrected chi connectivity index (χ2v) is 8.75. The smallest absolute Gasteiger partial charge is 0.215 e. The van der Waals surface area contributed by atoms with Gasteiger partial charge in [-0.3, -0.25) is 0 Å². The van der Waals surface area contributed by atoms with Crippen LogP contribution in [0.3, 0.4) is 0 Å². The molecule has 0 unspecified atom stereocenters. The molecule has 0 radical (unpaired) electrons. The van der Waals surface area contributed by atoms with Crippen LogP contribution in [0.2, 0.25) is 0 Å². The second-order valence-electron chi connectivity index (χ2n) is 5.43. The lowest BCUT2D eigenvalue weighted by Gasteiger charge is -2.25. The molecule has 0 saturated carbocycles. The van der Waals surface area contributed by atoms with E-state index in [1.807, 2.05) is 37.3 Å². The van der Waals surface area contributed by atoms with Crippen LogP contribution in [0.1, 0.15) is 12.5 Å². The summed E-state index contributed by atoms with van der Waals surface area (Å²) in [6.45, 7) is 4.88. The number of hydrogen-bond donors (Lipinski definition) is 2. The van der Waals surface area contributed by atoms with Gasteiger partial charge in [-0.1, -0.05) is 30.3 Å². The first-order valence-electron chi connectivity index (χ1n) is 8.23. The highest BCUT2D eigenvalue weighted by Gasteiger charge is 2.23. The second kappa shape index (κ2) is 12.0. The summed E-state index contributed by atoms with van der Waals surface area (Å²) in [5.41, 5.74) is 1.12. The highest BCUT2D eigenvalue weighted by molar-refractivity contribution is 14.0. The standard InChI is InChI=1S/C16H26N4O2S2.HI/c1-2-17-16(19-14-15-6-4-3-5-7-15)18-8-13-24(21,22)20-9-11-23-12-10-20;/h3-7H,2,8-14H2,1H3,(H2,17,18,19);1H. The Morgan fingerprint density at radius 2 is 1.88 bits per heavy atom. The van der Waals surface area contributed by atoms with Crippen molar-refractivity contribution >= 4 is 51.7 Å². The van der Waals surface area contributed by atoms with Crippen molar-refractivity contribution in [3.63, 3.8) is 0 Å². The average Bonchev–Trinajstić information content (AvgIpc) is 2.61. The van der Waals surface area contributed by atoms with Gasteiger partial charge in [-0.25, -0.2) is 17.7 Å². The summed E-state index contributed by atoms with van der Waals surface area (Å²) in [5.74, 6) is 2.50. The number of benzene rings is 1. The molecule has 1 saturated heterocycles. The summed E-state index contributed by atoms with van der Waals surface area (Å²) in [7, 11) is -3.19. The minimum atomic E-state index is -3.19. The first-order valence-corrected chi connectivity index (χ1v) is 11.0. The molecule has 0 aromatic heterocycles. The van der Waals surface area contributed by atoms with E-state index in [1.165, 1.54) is 0 Å². The van der Waals surface area contributed by atoms with E-state index in [4.69, 9.17) is 0 Å². The molecule has 0 aliphatic carbocycles. The molecule has 142 valence electrons. The van der Waals surface area contributed by atoms with Crippen molar-refractivity contribution in [2.45, 2.75) is 13.5 Å². The molecule has 0 spiro atoms. The molecule has 0 atom stereocenters. The SMILES string of the molecule is CCNC(=NCc1ccccc1)NCCS(=O)(=O)N1CCSCC1.I. The van der Waals surface area contributed by atoms with Gasteiger partial charge < -0.3 is 10.6 Å². The Hall–Kier alpha value is -0.520. The maximum atomic E-state index is 12.3. The van der Waals surface area contributed by atoms with Crippen LogP contribution in [0, 0.1) is 0 Å². The van der Waals surface area contributed by atoms with E-state index in [2.05, 4.69) is 15.6 Å². The molecule has 2 N–H and O–H groups in total. The number of halogens is 1. The van der Waals surface area contributed by atoms with Crippen LogP contribution in [0.5, 0.6) is 0 Å². The molecule has 0 amide bonds. The van der Waals surface area contributed by atoms with E-state index in [9.17, 15) is 8.42 Å². The largest absolute Gasteiger partial charge is 0.357 e. The van der Waals surface area contributed by atoms with Gasteiger partial charge in [0.1, 0.15) is 0 Å². The third-order valence-corrected chi connectivity index (χ3v) is 6.44. The van der Waals surface area contributed by atoms with Crippen LogP contribution >= 0.6 is 35.7 Å². The lowest BCUT2D eigenvalue weighted by atomic mass is 10.2. The summed E-state index contributed by atoms with van der Waals surface area (Å²) < 4.78 is 26.2. The first-order chi connectivity index (χ1) is 11.6. The van der Waals surface area contributed by atoms with Gasteiger partial charge in [0, 0.05) is 37.7 Å². The van der Waals surface area contributed by atoms with Gasteiger partial charge in [0.15, 0.2) is 5.96 Å². The Labute approximate surface area is 172 Å². The van der Waals surface area contributed by atoms with E-state index < -0.39 is 10.0 Å². The van der Waals surface area contributed by atoms with Gasteiger partial charge in [0.05, 0.1) is 12.3 Å². The summed E-state index contributed by atoms with van der Waals surface area (Å²) in [6, 6.07) is 9.97. The van der Waals surface area contributed by atoms with Crippen LogP contribution in [0.15, 0.2) is 35.3 Å². The molecule has 9 heteroatoms. The number of hydrogen-bond acceptors (Lipinski definition) is 4. The van der Waals surface area contributed by atoms with E-state index in [1.54, 1.807) is 16.1 Å². The number of aliphatic imine (C=N–C) groups is 1. The number of guanidine groups is 1. The molecular formula is C16H27IN4O2S2. The third-order valence-electron chi connectivity index (χ3n) is 3.62. The monoisotopic (exact) mass is 498 g/mol. The van der Waals surface area contributed by atoms with Crippen molar-refractivity contribution in [3.05, 3.63) is 35.9 Å². The fourth-order valence-electron chi connectivity index (χ4n) is 2.35. The number of sulfonamides is 1. The van der Waals surface area contributed by atoms with Crippen molar-refractivity contribution in [3.8, 4) is 0 Å². The summed E-state index contributed by atoms with van der Waals surface area (Å²) >= 11 is 1.80. The molecule has 1 aromatic carbocycles. The lowest BCUT2D eigenvalue weighted by molar-refractivity contribution is 0.443. The van der Waals surface area contributed by atoms with Crippen LogP contribution in [0.25, 0.3) is 0 Å². The van der Waals surface area contributed by atoms with Crippen molar-refractivity contribution in [1.82, 2.24) is 14.9 Å². The molecule has 1 aromatic rings. The van der Waals surface area contributed by atoms with Gasteiger partial charge in [0.2, 0.25) is 10.0 Å². The van der Waals surface area contributed by atoms with E-state index >= 15 is 0 Å². The minimum Gasteiger partial charge on any atom is -0.357 e. The summed E-state index contributed by atoms with van der Waals surface area (Å²) in [5, 5.41) is 6.26. The molecule has 1 heterocycles. The number of thioether (sulfide) groups is 1. The van der Waals surface area contributed by atoms with Crippen LogP contribution < -0.4 is 10.6 Å². The Kier molecular flexibility index (Phi) is 10.8. The highest BCUT2D eigenvalue weighted by Crippen LogP contribution is 2.12. The zero-order valence-electron chi connectivity index (χ0n) is 14.5. The molecule has 2 rings (SSSR count).